The fourth-order valence-electron chi connectivity index (χ4n) is 3.48. The van der Waals surface area contributed by atoms with Crippen LogP contribution in [0.3, 0.4) is 0 Å². The highest BCUT2D eigenvalue weighted by Gasteiger charge is 2.59. The van der Waals surface area contributed by atoms with Gasteiger partial charge in [-0.15, -0.1) is 0 Å². The number of esters is 2. The number of rotatable bonds is 5. The lowest BCUT2D eigenvalue weighted by molar-refractivity contribution is -0.152. The molecule has 0 spiro atoms. The summed E-state index contributed by atoms with van der Waals surface area (Å²) in [6.45, 7) is 3.50. The van der Waals surface area contributed by atoms with Crippen LogP contribution in [-0.4, -0.2) is 37.0 Å². The Morgan fingerprint density at radius 1 is 1.00 bits per heavy atom. The molecule has 2 aliphatic rings. The maximum absolute atomic E-state index is 13.0. The molecule has 3 rings (SSSR count). The van der Waals surface area contributed by atoms with Crippen LogP contribution in [-0.2, 0) is 28.7 Å². The molecule has 0 radical (unpaired) electrons. The first-order chi connectivity index (χ1) is 12.5. The molecule has 0 bridgehead atoms. The van der Waals surface area contributed by atoms with Gasteiger partial charge >= 0.3 is 11.9 Å². The smallest absolute Gasteiger partial charge is 0.334 e. The quantitative estimate of drug-likeness (QED) is 0.586. The molecular weight excluding hydrogens is 338 g/mol. The topological polar surface area (TPSA) is 90.0 Å². The Balaban J connectivity index is 2.00. The number of ether oxygens (including phenoxy) is 2. The van der Waals surface area contributed by atoms with E-state index in [0.717, 1.165) is 4.90 Å². The second-order valence-electron chi connectivity index (χ2n) is 5.97. The van der Waals surface area contributed by atoms with Gasteiger partial charge in [0.05, 0.1) is 30.7 Å². The summed E-state index contributed by atoms with van der Waals surface area (Å²) in [4.78, 5) is 51.5. The molecule has 1 saturated heterocycles. The standard InChI is InChI=1S/C19H19NO6/c1-3-25-18(23)13-10-12-14(15(13)19(24)26-4-2)17(22)20(16(12)21)11-8-6-5-7-9-11/h5-10,12,14-15H,3-4H2,1-2H3/t12-,14-,15-/m0/s1. The molecule has 1 aliphatic carbocycles. The van der Waals surface area contributed by atoms with Gasteiger partial charge in [0.25, 0.3) is 0 Å². The number of amides is 2. The summed E-state index contributed by atoms with van der Waals surface area (Å²) < 4.78 is 10.0. The zero-order valence-electron chi connectivity index (χ0n) is 14.5. The molecule has 26 heavy (non-hydrogen) atoms. The lowest BCUT2D eigenvalue weighted by Crippen LogP contribution is -2.36. The molecule has 1 fully saturated rings. The average molecular weight is 357 g/mol. The largest absolute Gasteiger partial charge is 0.465 e. The van der Waals surface area contributed by atoms with Crippen LogP contribution in [0.5, 0.6) is 0 Å². The lowest BCUT2D eigenvalue weighted by Gasteiger charge is -2.20. The molecule has 1 heterocycles. The summed E-state index contributed by atoms with van der Waals surface area (Å²) >= 11 is 0. The van der Waals surface area contributed by atoms with Crippen LogP contribution in [0.4, 0.5) is 5.69 Å². The summed E-state index contributed by atoms with van der Waals surface area (Å²) in [5.41, 5.74) is 0.459. The van der Waals surface area contributed by atoms with E-state index in [2.05, 4.69) is 0 Å². The molecule has 2 amide bonds. The molecule has 3 atom stereocenters. The first-order valence-electron chi connectivity index (χ1n) is 8.49. The summed E-state index contributed by atoms with van der Waals surface area (Å²) in [5.74, 6) is -5.37. The zero-order chi connectivity index (χ0) is 18.8. The predicted molar refractivity (Wildman–Crippen MR) is 90.8 cm³/mol. The van der Waals surface area contributed by atoms with Crippen molar-refractivity contribution in [3.63, 3.8) is 0 Å². The van der Waals surface area contributed by atoms with E-state index >= 15 is 0 Å². The van der Waals surface area contributed by atoms with Crippen molar-refractivity contribution in [1.82, 2.24) is 0 Å². The van der Waals surface area contributed by atoms with E-state index in [-0.39, 0.29) is 18.8 Å². The number of carbonyl (C=O) groups excluding carboxylic acids is 4. The van der Waals surface area contributed by atoms with Crippen molar-refractivity contribution in [2.75, 3.05) is 18.1 Å². The number of benzene rings is 1. The number of para-hydroxylation sites is 1. The minimum Gasteiger partial charge on any atom is -0.465 e. The van der Waals surface area contributed by atoms with Crippen LogP contribution in [0.25, 0.3) is 0 Å². The van der Waals surface area contributed by atoms with E-state index in [1.54, 1.807) is 44.2 Å². The number of carbonyl (C=O) groups is 4. The Labute approximate surface area is 150 Å². The fourth-order valence-corrected chi connectivity index (χ4v) is 3.48. The average Bonchev–Trinajstić information content (AvgIpc) is 3.13. The van der Waals surface area contributed by atoms with E-state index in [9.17, 15) is 19.2 Å². The second kappa shape index (κ2) is 7.11. The van der Waals surface area contributed by atoms with Gasteiger partial charge in [-0.2, -0.15) is 0 Å². The molecule has 1 aromatic rings. The minimum absolute atomic E-state index is 0.0229. The second-order valence-corrected chi connectivity index (χ2v) is 5.97. The van der Waals surface area contributed by atoms with Gasteiger partial charge in [0.15, 0.2) is 0 Å². The first kappa shape index (κ1) is 17.8. The Hall–Kier alpha value is -2.96. The van der Waals surface area contributed by atoms with E-state index in [1.807, 2.05) is 0 Å². The fraction of sp³-hybridized carbons (Fsp3) is 0.368. The van der Waals surface area contributed by atoms with Crippen molar-refractivity contribution in [1.29, 1.82) is 0 Å². The van der Waals surface area contributed by atoms with Gasteiger partial charge < -0.3 is 9.47 Å². The maximum Gasteiger partial charge on any atom is 0.334 e. The molecule has 7 heteroatoms. The molecular formula is C19H19NO6. The molecule has 0 aromatic heterocycles. The van der Waals surface area contributed by atoms with Crippen molar-refractivity contribution < 1.29 is 28.7 Å². The third-order valence-electron chi connectivity index (χ3n) is 4.52. The van der Waals surface area contributed by atoms with Gasteiger partial charge in [0, 0.05) is 5.57 Å². The Bertz CT molecular complexity index is 784. The van der Waals surface area contributed by atoms with E-state index in [0.29, 0.717) is 5.69 Å². The van der Waals surface area contributed by atoms with Gasteiger partial charge in [-0.05, 0) is 26.0 Å². The van der Waals surface area contributed by atoms with Crippen molar-refractivity contribution in [3.8, 4) is 0 Å². The summed E-state index contributed by atoms with van der Waals surface area (Å²) in [5, 5.41) is 0. The van der Waals surface area contributed by atoms with Crippen molar-refractivity contribution in [3.05, 3.63) is 42.0 Å². The lowest BCUT2D eigenvalue weighted by atomic mass is 9.87. The van der Waals surface area contributed by atoms with E-state index < -0.39 is 41.5 Å². The maximum atomic E-state index is 13.0. The number of hydrogen-bond acceptors (Lipinski definition) is 6. The molecule has 136 valence electrons. The molecule has 0 unspecified atom stereocenters. The molecule has 7 nitrogen and oxygen atoms in total. The Kier molecular flexibility index (Phi) is 4.88. The van der Waals surface area contributed by atoms with Gasteiger partial charge in [-0.25, -0.2) is 9.69 Å². The van der Waals surface area contributed by atoms with E-state index in [4.69, 9.17) is 9.47 Å². The predicted octanol–water partition coefficient (Wildman–Crippen LogP) is 1.47. The number of anilines is 1. The van der Waals surface area contributed by atoms with Crippen LogP contribution in [0.2, 0.25) is 0 Å². The van der Waals surface area contributed by atoms with Crippen LogP contribution < -0.4 is 4.90 Å². The van der Waals surface area contributed by atoms with Gasteiger partial charge in [-0.1, -0.05) is 24.3 Å². The van der Waals surface area contributed by atoms with Crippen LogP contribution >= 0.6 is 0 Å². The van der Waals surface area contributed by atoms with Crippen LogP contribution in [0.15, 0.2) is 42.0 Å². The van der Waals surface area contributed by atoms with Gasteiger partial charge in [0.1, 0.15) is 5.92 Å². The highest BCUT2D eigenvalue weighted by molar-refractivity contribution is 6.25. The van der Waals surface area contributed by atoms with Crippen molar-refractivity contribution in [2.24, 2.45) is 17.8 Å². The zero-order valence-corrected chi connectivity index (χ0v) is 14.5. The number of hydrogen-bond donors (Lipinski definition) is 0. The van der Waals surface area contributed by atoms with Crippen molar-refractivity contribution >= 4 is 29.4 Å². The molecule has 0 N–H and O–H groups in total. The monoisotopic (exact) mass is 357 g/mol. The number of imide groups is 1. The van der Waals surface area contributed by atoms with Gasteiger partial charge in [-0.3, -0.25) is 14.4 Å². The molecule has 0 saturated carbocycles. The SMILES string of the molecule is CCOC(=O)C1=C[C@@H]2C(=O)N(c3ccccc3)C(=O)[C@@H]2[C@H]1C(=O)OCC. The minimum atomic E-state index is -1.14. The van der Waals surface area contributed by atoms with Crippen LogP contribution in [0.1, 0.15) is 13.8 Å². The number of fused-ring (bicyclic) bond motifs is 1. The summed E-state index contributed by atoms with van der Waals surface area (Å²) in [7, 11) is 0. The van der Waals surface area contributed by atoms with Crippen LogP contribution in [0, 0.1) is 17.8 Å². The van der Waals surface area contributed by atoms with Gasteiger partial charge in [0.2, 0.25) is 11.8 Å². The third kappa shape index (κ3) is 2.79. The van der Waals surface area contributed by atoms with E-state index in [1.165, 1.54) is 6.08 Å². The molecule has 1 aliphatic heterocycles. The summed E-state index contributed by atoms with van der Waals surface area (Å²) in [6, 6.07) is 8.49. The summed E-state index contributed by atoms with van der Waals surface area (Å²) in [6.07, 6.45) is 1.38. The number of nitrogens with zero attached hydrogens (tertiary/aromatic N) is 1. The van der Waals surface area contributed by atoms with Crippen molar-refractivity contribution in [2.45, 2.75) is 13.8 Å². The Morgan fingerprint density at radius 3 is 2.27 bits per heavy atom. The molecule has 1 aromatic carbocycles. The highest BCUT2D eigenvalue weighted by atomic mass is 16.5. The highest BCUT2D eigenvalue weighted by Crippen LogP contribution is 2.45. The first-order valence-corrected chi connectivity index (χ1v) is 8.49. The third-order valence-corrected chi connectivity index (χ3v) is 4.52. The normalized spacial score (nSPS) is 24.3. The Morgan fingerprint density at radius 2 is 1.65 bits per heavy atom.